The second-order valence-electron chi connectivity index (χ2n) is 13.3. The Hall–Kier alpha value is -2.65. The fraction of sp³-hybridized carbons (Fsp3) is 0.727. The lowest BCUT2D eigenvalue weighted by Gasteiger charge is -2.57. The van der Waals surface area contributed by atoms with Gasteiger partial charge in [0.2, 0.25) is 0 Å². The number of hydrogen-bond donors (Lipinski definition) is 0. The lowest BCUT2D eigenvalue weighted by Crippen LogP contribution is -2.54. The van der Waals surface area contributed by atoms with Gasteiger partial charge in [-0.3, -0.25) is 4.79 Å². The first-order chi connectivity index (χ1) is 19.8. The molecule has 0 aliphatic heterocycles. The quantitative estimate of drug-likeness (QED) is 0.168. The van der Waals surface area contributed by atoms with Crippen LogP contribution < -0.4 is 0 Å². The van der Waals surface area contributed by atoms with E-state index >= 15 is 0 Å². The standard InChI is InChI=1S/C33H48O9/c1-20(9-14-27(34)31(2,3)40-19-37-6)24-12-13-25-23-11-10-21-17-22(41-29(35)38-7)18-28(42-30(36)39-8)33(21,5)26(23)15-16-32(24,25)4/h9-11,14,20,22,24-26,28H,12-13,15-19H2,1-8H3/b14-9+/t20-,22-,24-,25+,26+,28+,32-,33+/m1/s1. The molecule has 0 radical (unpaired) electrons. The SMILES string of the molecule is COCOC(C)(C)C(=O)/C=C/[C@@H](C)[C@H]1CC[C@H]2C3=CC=C4C[C@@H](OC(=O)OC)C[C@H](OC(=O)OC)[C@]4(C)[C@H]3CC[C@]12C. The highest BCUT2D eigenvalue weighted by atomic mass is 16.7. The molecular formula is C33H48O9. The van der Waals surface area contributed by atoms with Gasteiger partial charge in [0, 0.05) is 25.4 Å². The molecule has 4 rings (SSSR count). The molecule has 0 bridgehead atoms. The summed E-state index contributed by atoms with van der Waals surface area (Å²) in [5.74, 6) is 1.19. The van der Waals surface area contributed by atoms with E-state index in [1.54, 1.807) is 27.0 Å². The van der Waals surface area contributed by atoms with Crippen molar-refractivity contribution in [2.75, 3.05) is 28.1 Å². The van der Waals surface area contributed by atoms with E-state index in [1.807, 2.05) is 0 Å². The van der Waals surface area contributed by atoms with Gasteiger partial charge in [0.05, 0.1) is 14.2 Å². The van der Waals surface area contributed by atoms with Gasteiger partial charge in [-0.25, -0.2) is 9.59 Å². The van der Waals surface area contributed by atoms with Crippen LogP contribution in [0.2, 0.25) is 0 Å². The molecule has 0 spiro atoms. The molecule has 8 atom stereocenters. The van der Waals surface area contributed by atoms with Crippen LogP contribution >= 0.6 is 0 Å². The molecule has 0 amide bonds. The van der Waals surface area contributed by atoms with Crippen molar-refractivity contribution in [1.29, 1.82) is 0 Å². The Labute approximate surface area is 249 Å². The maximum absolute atomic E-state index is 12.9. The maximum atomic E-state index is 12.9. The van der Waals surface area contributed by atoms with E-state index in [0.717, 1.165) is 31.3 Å². The van der Waals surface area contributed by atoms with Crippen LogP contribution in [0.1, 0.15) is 73.1 Å². The van der Waals surface area contributed by atoms with Gasteiger partial charge in [0.1, 0.15) is 24.6 Å². The molecule has 0 saturated heterocycles. The van der Waals surface area contributed by atoms with Gasteiger partial charge in [-0.1, -0.05) is 50.1 Å². The Morgan fingerprint density at radius 2 is 1.69 bits per heavy atom. The molecule has 0 unspecified atom stereocenters. The van der Waals surface area contributed by atoms with E-state index < -0.39 is 35.5 Å². The first-order valence-corrected chi connectivity index (χ1v) is 15.1. The summed E-state index contributed by atoms with van der Waals surface area (Å²) in [7, 11) is 4.13. The number of methoxy groups -OCH3 is 3. The van der Waals surface area contributed by atoms with Crippen LogP contribution in [-0.4, -0.2) is 64.0 Å². The summed E-state index contributed by atoms with van der Waals surface area (Å²) in [6.07, 6.45) is 10.8. The largest absolute Gasteiger partial charge is 0.508 e. The second-order valence-corrected chi connectivity index (χ2v) is 13.3. The van der Waals surface area contributed by atoms with Crippen LogP contribution in [-0.2, 0) is 33.2 Å². The first kappa shape index (κ1) is 32.3. The average Bonchev–Trinajstić information content (AvgIpc) is 3.32. The van der Waals surface area contributed by atoms with Crippen LogP contribution in [0, 0.1) is 34.5 Å². The summed E-state index contributed by atoms with van der Waals surface area (Å²) in [6.45, 7) is 10.4. The molecule has 3 fully saturated rings. The molecule has 0 aromatic heterocycles. The van der Waals surface area contributed by atoms with Crippen molar-refractivity contribution in [3.8, 4) is 0 Å². The fourth-order valence-electron chi connectivity index (χ4n) is 8.37. The zero-order valence-corrected chi connectivity index (χ0v) is 26.4. The molecule has 0 aromatic carbocycles. The van der Waals surface area contributed by atoms with Gasteiger partial charge >= 0.3 is 12.3 Å². The molecule has 0 heterocycles. The molecule has 42 heavy (non-hydrogen) atoms. The molecule has 234 valence electrons. The number of ether oxygens (including phenoxy) is 6. The van der Waals surface area contributed by atoms with E-state index in [0.29, 0.717) is 24.7 Å². The van der Waals surface area contributed by atoms with Crippen molar-refractivity contribution < 1.29 is 42.8 Å². The third-order valence-corrected chi connectivity index (χ3v) is 10.8. The van der Waals surface area contributed by atoms with Crippen LogP contribution in [0.4, 0.5) is 9.59 Å². The van der Waals surface area contributed by atoms with Gasteiger partial charge in [-0.15, -0.1) is 0 Å². The van der Waals surface area contributed by atoms with Crippen LogP contribution in [0.15, 0.2) is 35.5 Å². The topological polar surface area (TPSA) is 107 Å². The summed E-state index contributed by atoms with van der Waals surface area (Å²) in [5.41, 5.74) is 1.26. The van der Waals surface area contributed by atoms with Gasteiger partial charge in [-0.2, -0.15) is 0 Å². The zero-order chi connectivity index (χ0) is 30.9. The summed E-state index contributed by atoms with van der Waals surface area (Å²) in [5, 5.41) is 0. The Morgan fingerprint density at radius 1 is 1.00 bits per heavy atom. The fourth-order valence-corrected chi connectivity index (χ4v) is 8.37. The molecule has 0 aromatic rings. The van der Waals surface area contributed by atoms with Gasteiger partial charge in [0.15, 0.2) is 5.78 Å². The van der Waals surface area contributed by atoms with Crippen molar-refractivity contribution in [2.45, 2.75) is 91.0 Å². The highest BCUT2D eigenvalue weighted by Gasteiger charge is 2.60. The normalized spacial score (nSPS) is 34.7. The van der Waals surface area contributed by atoms with Crippen LogP contribution in [0.25, 0.3) is 0 Å². The predicted molar refractivity (Wildman–Crippen MR) is 155 cm³/mol. The lowest BCUT2D eigenvalue weighted by molar-refractivity contribution is -0.150. The van der Waals surface area contributed by atoms with E-state index in [2.05, 4.69) is 39.0 Å². The Balaban J connectivity index is 1.57. The van der Waals surface area contributed by atoms with Crippen molar-refractivity contribution in [3.05, 3.63) is 35.5 Å². The van der Waals surface area contributed by atoms with Gasteiger partial charge < -0.3 is 28.4 Å². The molecule has 4 aliphatic rings. The van der Waals surface area contributed by atoms with Crippen LogP contribution in [0.3, 0.4) is 0 Å². The first-order valence-electron chi connectivity index (χ1n) is 15.1. The van der Waals surface area contributed by atoms with Gasteiger partial charge in [-0.05, 0) is 74.7 Å². The number of allylic oxidation sites excluding steroid dienone is 4. The summed E-state index contributed by atoms with van der Waals surface area (Å²) in [6, 6.07) is 0. The summed E-state index contributed by atoms with van der Waals surface area (Å²) >= 11 is 0. The number of ketones is 1. The van der Waals surface area contributed by atoms with E-state index in [9.17, 15) is 14.4 Å². The zero-order valence-electron chi connectivity index (χ0n) is 26.4. The highest BCUT2D eigenvalue weighted by molar-refractivity contribution is 5.96. The minimum Gasteiger partial charge on any atom is -0.438 e. The summed E-state index contributed by atoms with van der Waals surface area (Å²) < 4.78 is 31.6. The van der Waals surface area contributed by atoms with E-state index in [1.165, 1.54) is 19.8 Å². The number of fused-ring (bicyclic) bond motifs is 5. The maximum Gasteiger partial charge on any atom is 0.508 e. The molecule has 9 nitrogen and oxygen atoms in total. The second kappa shape index (κ2) is 12.5. The van der Waals surface area contributed by atoms with Crippen molar-refractivity contribution >= 4 is 18.1 Å². The van der Waals surface area contributed by atoms with Crippen LogP contribution in [0.5, 0.6) is 0 Å². The number of hydrogen-bond acceptors (Lipinski definition) is 9. The minimum atomic E-state index is -0.942. The number of rotatable bonds is 9. The average molecular weight is 589 g/mol. The molecule has 0 N–H and O–H groups in total. The molecule has 3 saturated carbocycles. The third kappa shape index (κ3) is 5.91. The Morgan fingerprint density at radius 3 is 2.36 bits per heavy atom. The number of carbonyl (C=O) groups is 3. The van der Waals surface area contributed by atoms with Crippen molar-refractivity contribution in [1.82, 2.24) is 0 Å². The van der Waals surface area contributed by atoms with Crippen molar-refractivity contribution in [2.24, 2.45) is 34.5 Å². The lowest BCUT2D eigenvalue weighted by atomic mass is 9.49. The molecule has 9 heteroatoms. The molecular weight excluding hydrogens is 540 g/mol. The monoisotopic (exact) mass is 588 g/mol. The summed E-state index contributed by atoms with van der Waals surface area (Å²) in [4.78, 5) is 37.1. The van der Waals surface area contributed by atoms with Crippen molar-refractivity contribution in [3.63, 3.8) is 0 Å². The Bertz CT molecular complexity index is 1140. The van der Waals surface area contributed by atoms with E-state index in [-0.39, 0.29) is 29.8 Å². The van der Waals surface area contributed by atoms with Gasteiger partial charge in [0.25, 0.3) is 0 Å². The smallest absolute Gasteiger partial charge is 0.438 e. The van der Waals surface area contributed by atoms with E-state index in [4.69, 9.17) is 28.4 Å². The predicted octanol–water partition coefficient (Wildman–Crippen LogP) is 6.56. The molecule has 4 aliphatic carbocycles. The minimum absolute atomic E-state index is 0.0698. The Kier molecular flexibility index (Phi) is 9.62. The highest BCUT2D eigenvalue weighted by Crippen LogP contribution is 2.66. The third-order valence-electron chi connectivity index (χ3n) is 10.8. The number of carbonyl (C=O) groups excluding carboxylic acids is 3.